The maximum absolute atomic E-state index is 12.1. The van der Waals surface area contributed by atoms with Crippen LogP contribution in [-0.2, 0) is 11.3 Å². The highest BCUT2D eigenvalue weighted by Gasteiger charge is 2.12. The Morgan fingerprint density at radius 3 is 2.67 bits per heavy atom. The van der Waals surface area contributed by atoms with Gasteiger partial charge in [-0.2, -0.15) is 0 Å². The molecule has 0 fully saturated rings. The molecule has 3 rings (SSSR count). The number of hydrogen-bond donors (Lipinski definition) is 1. The molecule has 1 heterocycles. The number of thiophene rings is 1. The van der Waals surface area contributed by atoms with E-state index in [1.807, 2.05) is 30.3 Å². The molecule has 0 radical (unpaired) electrons. The van der Waals surface area contributed by atoms with Crippen LogP contribution in [0.25, 0.3) is 10.1 Å². The van der Waals surface area contributed by atoms with E-state index in [2.05, 4.69) is 0 Å². The van der Waals surface area contributed by atoms with Crippen molar-refractivity contribution < 1.29 is 9.53 Å². The minimum Gasteiger partial charge on any atom is -0.457 e. The van der Waals surface area contributed by atoms with Crippen LogP contribution in [0.3, 0.4) is 0 Å². The van der Waals surface area contributed by atoms with Gasteiger partial charge in [-0.3, -0.25) is 0 Å². The minimum atomic E-state index is -0.329. The highest BCUT2D eigenvalue weighted by molar-refractivity contribution is 7.20. The molecule has 1 aromatic heterocycles. The van der Waals surface area contributed by atoms with Gasteiger partial charge in [0.05, 0.1) is 0 Å². The van der Waals surface area contributed by atoms with E-state index in [9.17, 15) is 4.79 Å². The smallest absolute Gasteiger partial charge is 0.348 e. The number of carbonyl (C=O) groups excluding carboxylic acids is 1. The number of fused-ring (bicyclic) bond motifs is 1. The van der Waals surface area contributed by atoms with Crippen molar-refractivity contribution in [1.29, 1.82) is 0 Å². The van der Waals surface area contributed by atoms with Crippen molar-refractivity contribution in [1.82, 2.24) is 0 Å². The van der Waals surface area contributed by atoms with Gasteiger partial charge in [0.25, 0.3) is 0 Å². The summed E-state index contributed by atoms with van der Waals surface area (Å²) in [5.41, 5.74) is 7.32. The molecule has 0 atom stereocenters. The zero-order valence-corrected chi connectivity index (χ0v) is 12.6. The van der Waals surface area contributed by atoms with Crippen LogP contribution >= 0.6 is 22.9 Å². The number of hydrogen-bond acceptors (Lipinski definition) is 4. The maximum atomic E-state index is 12.1. The average Bonchev–Trinajstić information content (AvgIpc) is 2.89. The zero-order chi connectivity index (χ0) is 14.8. The number of esters is 1. The lowest BCUT2D eigenvalue weighted by atomic mass is 10.2. The number of rotatable bonds is 3. The molecule has 5 heteroatoms. The highest BCUT2D eigenvalue weighted by Crippen LogP contribution is 2.28. The summed E-state index contributed by atoms with van der Waals surface area (Å²) < 4.78 is 6.33. The summed E-state index contributed by atoms with van der Waals surface area (Å²) in [6.45, 7) is 0.229. The van der Waals surface area contributed by atoms with Crippen LogP contribution in [0.15, 0.2) is 48.5 Å². The summed E-state index contributed by atoms with van der Waals surface area (Å²) in [6.07, 6.45) is 0. The number of halogens is 1. The van der Waals surface area contributed by atoms with E-state index >= 15 is 0 Å². The third kappa shape index (κ3) is 3.17. The van der Waals surface area contributed by atoms with Gasteiger partial charge in [0.1, 0.15) is 11.5 Å². The lowest BCUT2D eigenvalue weighted by Crippen LogP contribution is -2.02. The summed E-state index contributed by atoms with van der Waals surface area (Å²) in [5.74, 6) is -0.329. The first-order valence-electron chi connectivity index (χ1n) is 6.32. The number of nitrogens with two attached hydrogens (primary N) is 1. The molecule has 0 amide bonds. The van der Waals surface area contributed by atoms with Crippen molar-refractivity contribution in [3.05, 3.63) is 64.0 Å². The second-order valence-electron chi connectivity index (χ2n) is 4.61. The number of anilines is 1. The van der Waals surface area contributed by atoms with Crippen molar-refractivity contribution in [2.24, 2.45) is 0 Å². The maximum Gasteiger partial charge on any atom is 0.348 e. The Bertz CT molecular complexity index is 796. The van der Waals surface area contributed by atoms with Crippen molar-refractivity contribution in [3.8, 4) is 0 Å². The molecule has 0 saturated heterocycles. The monoisotopic (exact) mass is 317 g/mol. The normalized spacial score (nSPS) is 10.7. The van der Waals surface area contributed by atoms with Crippen molar-refractivity contribution >= 4 is 44.7 Å². The summed E-state index contributed by atoms with van der Waals surface area (Å²) >= 11 is 7.21. The molecule has 2 N–H and O–H groups in total. The number of ether oxygens (including phenoxy) is 1. The summed E-state index contributed by atoms with van der Waals surface area (Å²) in [5, 5.41) is 1.62. The molecule has 0 saturated carbocycles. The topological polar surface area (TPSA) is 52.3 Å². The third-order valence-electron chi connectivity index (χ3n) is 3.02. The van der Waals surface area contributed by atoms with Gasteiger partial charge in [0, 0.05) is 15.4 Å². The Morgan fingerprint density at radius 2 is 1.90 bits per heavy atom. The van der Waals surface area contributed by atoms with Gasteiger partial charge in [-0.15, -0.1) is 11.3 Å². The standard InChI is InChI=1S/C16H12ClNO2S/c17-12-3-1-10(2-4-12)9-20-16(19)15-8-11-7-13(18)5-6-14(11)21-15/h1-8H,9,18H2. The lowest BCUT2D eigenvalue weighted by Gasteiger charge is -2.03. The molecule has 3 aromatic rings. The van der Waals surface area contributed by atoms with Gasteiger partial charge >= 0.3 is 5.97 Å². The molecule has 0 aliphatic rings. The molecule has 3 nitrogen and oxygen atoms in total. The molecule has 0 spiro atoms. The molecule has 0 aliphatic heterocycles. The molecule has 2 aromatic carbocycles. The lowest BCUT2D eigenvalue weighted by molar-refractivity contribution is 0.0478. The quantitative estimate of drug-likeness (QED) is 0.572. The van der Waals surface area contributed by atoms with Crippen molar-refractivity contribution in [3.63, 3.8) is 0 Å². The Kier molecular flexibility index (Phi) is 3.82. The largest absolute Gasteiger partial charge is 0.457 e. The van der Waals surface area contributed by atoms with Crippen LogP contribution in [-0.4, -0.2) is 5.97 Å². The zero-order valence-electron chi connectivity index (χ0n) is 11.0. The van der Waals surface area contributed by atoms with Crippen molar-refractivity contribution in [2.75, 3.05) is 5.73 Å². The second kappa shape index (κ2) is 5.76. The minimum absolute atomic E-state index is 0.229. The predicted octanol–water partition coefficient (Wildman–Crippen LogP) is 4.49. The van der Waals surface area contributed by atoms with Crippen LogP contribution in [0, 0.1) is 0 Å². The van der Waals surface area contributed by atoms with E-state index in [-0.39, 0.29) is 12.6 Å². The molecular weight excluding hydrogens is 306 g/mol. The van der Waals surface area contributed by atoms with Gasteiger partial charge in [0.2, 0.25) is 0 Å². The van der Waals surface area contributed by atoms with Crippen LogP contribution in [0.2, 0.25) is 5.02 Å². The Labute approximate surface area is 130 Å². The first-order valence-corrected chi connectivity index (χ1v) is 7.52. The predicted molar refractivity (Wildman–Crippen MR) is 86.8 cm³/mol. The van der Waals surface area contributed by atoms with E-state index in [1.54, 1.807) is 18.2 Å². The SMILES string of the molecule is Nc1ccc2sc(C(=O)OCc3ccc(Cl)cc3)cc2c1. The number of nitrogen functional groups attached to an aromatic ring is 1. The van der Waals surface area contributed by atoms with Crippen LogP contribution in [0.4, 0.5) is 5.69 Å². The third-order valence-corrected chi connectivity index (χ3v) is 4.37. The average molecular weight is 318 g/mol. The van der Waals surface area contributed by atoms with Gasteiger partial charge in [0.15, 0.2) is 0 Å². The van der Waals surface area contributed by atoms with Crippen LogP contribution in [0.5, 0.6) is 0 Å². The van der Waals surface area contributed by atoms with Gasteiger partial charge in [-0.05, 0) is 47.3 Å². The fourth-order valence-corrected chi connectivity index (χ4v) is 3.03. The van der Waals surface area contributed by atoms with E-state index < -0.39 is 0 Å². The van der Waals surface area contributed by atoms with E-state index in [0.717, 1.165) is 15.6 Å². The number of carbonyl (C=O) groups is 1. The van der Waals surface area contributed by atoms with Crippen molar-refractivity contribution in [2.45, 2.75) is 6.61 Å². The molecule has 0 aliphatic carbocycles. The van der Waals surface area contributed by atoms with E-state index in [0.29, 0.717) is 15.6 Å². The van der Waals surface area contributed by atoms with Crippen LogP contribution in [0.1, 0.15) is 15.2 Å². The van der Waals surface area contributed by atoms with E-state index in [4.69, 9.17) is 22.1 Å². The molecule has 106 valence electrons. The van der Waals surface area contributed by atoms with E-state index in [1.165, 1.54) is 11.3 Å². The Hall–Kier alpha value is -2.04. The molecule has 0 bridgehead atoms. The van der Waals surface area contributed by atoms with Gasteiger partial charge in [-0.1, -0.05) is 23.7 Å². The highest BCUT2D eigenvalue weighted by atomic mass is 35.5. The molecular formula is C16H12ClNO2S. The summed E-state index contributed by atoms with van der Waals surface area (Å²) in [4.78, 5) is 12.6. The Morgan fingerprint density at radius 1 is 1.14 bits per heavy atom. The molecule has 0 unspecified atom stereocenters. The first kappa shape index (κ1) is 13.9. The van der Waals surface area contributed by atoms with Gasteiger partial charge < -0.3 is 10.5 Å². The second-order valence-corrected chi connectivity index (χ2v) is 6.13. The number of benzene rings is 2. The van der Waals surface area contributed by atoms with Gasteiger partial charge in [-0.25, -0.2) is 4.79 Å². The fraction of sp³-hybridized carbons (Fsp3) is 0.0625. The molecule has 21 heavy (non-hydrogen) atoms. The first-order chi connectivity index (χ1) is 10.1. The summed E-state index contributed by atoms with van der Waals surface area (Å²) in [7, 11) is 0. The Balaban J connectivity index is 1.73. The summed E-state index contributed by atoms with van der Waals surface area (Å²) in [6, 6.07) is 14.6. The fourth-order valence-electron chi connectivity index (χ4n) is 1.96. The van der Waals surface area contributed by atoms with Crippen LogP contribution < -0.4 is 5.73 Å².